The summed E-state index contributed by atoms with van der Waals surface area (Å²) in [6, 6.07) is 7.77. The third-order valence-electron chi connectivity index (χ3n) is 5.69. The third kappa shape index (κ3) is 5.57. The molecule has 0 N–H and O–H groups in total. The van der Waals surface area contributed by atoms with Gasteiger partial charge in [0.25, 0.3) is 10.0 Å². The Hall–Kier alpha value is -2.95. The second-order valence-corrected chi connectivity index (χ2v) is 10.0. The summed E-state index contributed by atoms with van der Waals surface area (Å²) in [5.41, 5.74) is -1.28. The van der Waals surface area contributed by atoms with E-state index >= 15 is 0 Å². The lowest BCUT2D eigenvalue weighted by Gasteiger charge is -2.33. The molecule has 0 aliphatic carbocycles. The van der Waals surface area contributed by atoms with Crippen molar-refractivity contribution < 1.29 is 35.9 Å². The van der Waals surface area contributed by atoms with Crippen LogP contribution < -0.4 is 13.8 Å². The van der Waals surface area contributed by atoms with Crippen LogP contribution in [0.2, 0.25) is 0 Å². The fourth-order valence-corrected chi connectivity index (χ4v) is 5.32. The minimum atomic E-state index is -4.68. The number of halogens is 3. The Morgan fingerprint density at radius 2 is 1.82 bits per heavy atom. The Kier molecular flexibility index (Phi) is 7.64. The summed E-state index contributed by atoms with van der Waals surface area (Å²) >= 11 is 0. The lowest BCUT2D eigenvalue weighted by atomic mass is 10.0. The average molecular weight is 501 g/mol. The molecule has 11 heteroatoms. The number of hydrogen-bond acceptors (Lipinski definition) is 5. The van der Waals surface area contributed by atoms with Gasteiger partial charge < -0.3 is 14.4 Å². The van der Waals surface area contributed by atoms with Crippen molar-refractivity contribution >= 4 is 21.6 Å². The first-order chi connectivity index (χ1) is 16.0. The molecule has 0 radical (unpaired) electrons. The Labute approximate surface area is 197 Å². The summed E-state index contributed by atoms with van der Waals surface area (Å²) < 4.78 is 78.3. The van der Waals surface area contributed by atoms with Crippen molar-refractivity contribution in [1.82, 2.24) is 4.90 Å². The van der Waals surface area contributed by atoms with Crippen molar-refractivity contribution in [3.05, 3.63) is 48.0 Å². The SMILES string of the molecule is COc1ccc(S(=O)(=O)N(CC(=O)N2CCCC(C)C2)c2cccc(C(F)(F)F)c2)cc1OC. The summed E-state index contributed by atoms with van der Waals surface area (Å²) in [4.78, 5) is 14.4. The lowest BCUT2D eigenvalue weighted by molar-refractivity contribution is -0.137. The van der Waals surface area contributed by atoms with Gasteiger partial charge in [-0.1, -0.05) is 13.0 Å². The number of nitrogens with zero attached hydrogens (tertiary/aromatic N) is 2. The van der Waals surface area contributed by atoms with Gasteiger partial charge in [-0.25, -0.2) is 8.42 Å². The van der Waals surface area contributed by atoms with Crippen LogP contribution in [0.3, 0.4) is 0 Å². The van der Waals surface area contributed by atoms with Gasteiger partial charge in [0.05, 0.1) is 30.4 Å². The average Bonchev–Trinajstić information content (AvgIpc) is 2.81. The number of sulfonamides is 1. The highest BCUT2D eigenvalue weighted by atomic mass is 32.2. The number of alkyl halides is 3. The van der Waals surface area contributed by atoms with E-state index < -0.39 is 34.2 Å². The number of benzene rings is 2. The van der Waals surface area contributed by atoms with Crippen molar-refractivity contribution in [2.75, 3.05) is 38.2 Å². The summed E-state index contributed by atoms with van der Waals surface area (Å²) in [6.07, 6.45) is -2.95. The zero-order valence-electron chi connectivity index (χ0n) is 19.1. The molecule has 0 spiro atoms. The highest BCUT2D eigenvalue weighted by molar-refractivity contribution is 7.92. The molecule has 0 aromatic heterocycles. The molecule has 1 amide bonds. The molecule has 186 valence electrons. The first-order valence-corrected chi connectivity index (χ1v) is 12.1. The van der Waals surface area contributed by atoms with Gasteiger partial charge in [0.15, 0.2) is 11.5 Å². The van der Waals surface area contributed by atoms with Crippen molar-refractivity contribution in [2.45, 2.75) is 30.8 Å². The molecule has 1 aliphatic heterocycles. The number of carbonyl (C=O) groups excluding carboxylic acids is 1. The predicted octanol–water partition coefficient (Wildman–Crippen LogP) is 4.18. The van der Waals surface area contributed by atoms with E-state index in [0.717, 1.165) is 31.0 Å². The molecule has 3 rings (SSSR count). The fraction of sp³-hybridized carbons (Fsp3) is 0.435. The maximum absolute atomic E-state index is 13.6. The zero-order valence-corrected chi connectivity index (χ0v) is 19.9. The van der Waals surface area contributed by atoms with E-state index in [1.807, 2.05) is 6.92 Å². The van der Waals surface area contributed by atoms with Gasteiger partial charge in [-0.15, -0.1) is 0 Å². The van der Waals surface area contributed by atoms with Gasteiger partial charge >= 0.3 is 6.18 Å². The van der Waals surface area contributed by atoms with E-state index in [2.05, 4.69) is 0 Å². The Morgan fingerprint density at radius 3 is 2.44 bits per heavy atom. The molecule has 1 saturated heterocycles. The van der Waals surface area contributed by atoms with Gasteiger partial charge in [-0.2, -0.15) is 13.2 Å². The molecule has 7 nitrogen and oxygen atoms in total. The highest BCUT2D eigenvalue weighted by Crippen LogP contribution is 2.35. The number of piperidine rings is 1. The highest BCUT2D eigenvalue weighted by Gasteiger charge is 2.34. The number of anilines is 1. The van der Waals surface area contributed by atoms with Crippen LogP contribution in [0.5, 0.6) is 11.5 Å². The van der Waals surface area contributed by atoms with E-state index in [1.165, 1.54) is 38.5 Å². The van der Waals surface area contributed by atoms with E-state index in [1.54, 1.807) is 4.90 Å². The number of likely N-dealkylation sites (tertiary alicyclic amines) is 1. The fourth-order valence-electron chi connectivity index (χ4n) is 3.90. The molecule has 34 heavy (non-hydrogen) atoms. The monoisotopic (exact) mass is 500 g/mol. The number of amides is 1. The smallest absolute Gasteiger partial charge is 0.416 e. The van der Waals surface area contributed by atoms with Crippen LogP contribution in [-0.2, 0) is 21.0 Å². The van der Waals surface area contributed by atoms with Crippen LogP contribution in [0.25, 0.3) is 0 Å². The van der Waals surface area contributed by atoms with Crippen molar-refractivity contribution in [3.63, 3.8) is 0 Å². The first-order valence-electron chi connectivity index (χ1n) is 10.7. The van der Waals surface area contributed by atoms with Crippen molar-refractivity contribution in [1.29, 1.82) is 0 Å². The quantitative estimate of drug-likeness (QED) is 0.570. The Morgan fingerprint density at radius 1 is 1.12 bits per heavy atom. The topological polar surface area (TPSA) is 76.2 Å². The standard InChI is InChI=1S/C23H27F3N2O5S/c1-16-6-5-11-27(14-16)22(29)15-28(18-8-4-7-17(12-18)23(24,25)26)34(30,31)19-9-10-20(32-2)21(13-19)33-3/h4,7-10,12-13,16H,5-6,11,14-15H2,1-3H3. The predicted molar refractivity (Wildman–Crippen MR) is 120 cm³/mol. The van der Waals surface area contributed by atoms with Crippen molar-refractivity contribution in [3.8, 4) is 11.5 Å². The Bertz CT molecular complexity index is 1140. The minimum absolute atomic E-state index is 0.128. The summed E-state index contributed by atoms with van der Waals surface area (Å²) in [6.45, 7) is 2.29. The van der Waals surface area contributed by atoms with Gasteiger partial charge in [-0.05, 0) is 49.1 Å². The number of rotatable bonds is 7. The summed E-state index contributed by atoms with van der Waals surface area (Å²) in [5.74, 6) is 0.185. The molecule has 0 saturated carbocycles. The maximum Gasteiger partial charge on any atom is 0.416 e. The van der Waals surface area contributed by atoms with E-state index in [9.17, 15) is 26.4 Å². The second kappa shape index (κ2) is 10.1. The maximum atomic E-state index is 13.6. The number of carbonyl (C=O) groups is 1. The van der Waals surface area contributed by atoms with Crippen molar-refractivity contribution in [2.24, 2.45) is 5.92 Å². The molecular formula is C23H27F3N2O5S. The molecule has 1 atom stereocenters. The third-order valence-corrected chi connectivity index (χ3v) is 7.46. The van der Waals surface area contributed by atoms with E-state index in [0.29, 0.717) is 17.4 Å². The van der Waals surface area contributed by atoms with Crippen LogP contribution in [0.1, 0.15) is 25.3 Å². The summed E-state index contributed by atoms with van der Waals surface area (Å²) in [7, 11) is -1.72. The Balaban J connectivity index is 2.06. The molecule has 1 aliphatic rings. The first kappa shape index (κ1) is 25.7. The zero-order chi connectivity index (χ0) is 25.1. The minimum Gasteiger partial charge on any atom is -0.493 e. The number of ether oxygens (including phenoxy) is 2. The van der Waals surface area contributed by atoms with Crippen LogP contribution in [0.4, 0.5) is 18.9 Å². The number of methoxy groups -OCH3 is 2. The molecule has 2 aromatic carbocycles. The molecule has 0 bridgehead atoms. The summed E-state index contributed by atoms with van der Waals surface area (Å²) in [5, 5.41) is 0. The molecule has 2 aromatic rings. The number of hydrogen-bond donors (Lipinski definition) is 0. The molecule has 1 heterocycles. The second-order valence-electron chi connectivity index (χ2n) is 8.16. The molecule has 1 fully saturated rings. The van der Waals surface area contributed by atoms with Crippen LogP contribution >= 0.6 is 0 Å². The van der Waals surface area contributed by atoms with Gasteiger partial charge in [-0.3, -0.25) is 9.10 Å². The molecular weight excluding hydrogens is 473 g/mol. The van der Waals surface area contributed by atoms with Gasteiger partial charge in [0, 0.05) is 19.2 Å². The molecule has 1 unspecified atom stereocenters. The largest absolute Gasteiger partial charge is 0.493 e. The lowest BCUT2D eigenvalue weighted by Crippen LogP contribution is -2.46. The van der Waals surface area contributed by atoms with E-state index in [-0.39, 0.29) is 28.0 Å². The van der Waals surface area contributed by atoms with Crippen LogP contribution in [0, 0.1) is 5.92 Å². The van der Waals surface area contributed by atoms with Crippen LogP contribution in [0.15, 0.2) is 47.4 Å². The van der Waals surface area contributed by atoms with Gasteiger partial charge in [0.2, 0.25) is 5.91 Å². The van der Waals surface area contributed by atoms with E-state index in [4.69, 9.17) is 9.47 Å². The van der Waals surface area contributed by atoms with Crippen LogP contribution in [-0.4, -0.2) is 53.1 Å². The normalized spacial score (nSPS) is 16.8. The van der Waals surface area contributed by atoms with Gasteiger partial charge in [0.1, 0.15) is 6.54 Å².